The van der Waals surface area contributed by atoms with Gasteiger partial charge in [0.25, 0.3) is 0 Å². The van der Waals surface area contributed by atoms with Crippen LogP contribution < -0.4 is 4.40 Å². The number of halogens is 3. The largest absolute Gasteiger partial charge is 0 e. The zero-order chi connectivity index (χ0) is 15.0. The Morgan fingerprint density at radius 2 is 1.05 bits per heavy atom. The third-order valence-electron chi connectivity index (χ3n) is 0.990. The molecule has 1 aromatic carbocycles. The van der Waals surface area contributed by atoms with Crippen LogP contribution >= 0.6 is 0 Å². The molecule has 0 saturated carbocycles. The van der Waals surface area contributed by atoms with Crippen molar-refractivity contribution in [3.8, 4) is 0 Å². The number of rotatable bonds is 1. The Hall–Kier alpha value is 0.446. The van der Waals surface area contributed by atoms with Gasteiger partial charge >= 0.3 is 53.8 Å². The summed E-state index contributed by atoms with van der Waals surface area (Å²) in [6.45, 7) is 5.79. The average molecular weight is 423 g/mol. The Morgan fingerprint density at radius 3 is 1.16 bits per heavy atom. The molecule has 0 unspecified atom stereocenters. The van der Waals surface area contributed by atoms with Gasteiger partial charge in [-0.2, -0.15) is 0 Å². The molecule has 0 atom stereocenters. The number of aliphatic hydroxyl groups is 3. The van der Waals surface area contributed by atoms with Crippen molar-refractivity contribution in [1.29, 1.82) is 0 Å². The van der Waals surface area contributed by atoms with Crippen molar-refractivity contribution in [3.63, 3.8) is 0 Å². The molecule has 0 radical (unpaired) electrons. The zero-order valence-electron chi connectivity index (χ0n) is 11.4. The molecule has 0 aliphatic rings. The van der Waals surface area contributed by atoms with Gasteiger partial charge in [0, 0.05) is 46.0 Å². The second kappa shape index (κ2) is 20.8. The van der Waals surface area contributed by atoms with Gasteiger partial charge in [0.05, 0.1) is 0 Å². The molecule has 0 saturated heterocycles. The van der Waals surface area contributed by atoms with Gasteiger partial charge in [0.2, 0.25) is 0 Å². The van der Waals surface area contributed by atoms with Crippen LogP contribution in [-0.2, 0) is 26.2 Å². The Bertz CT molecular complexity index is 227. The van der Waals surface area contributed by atoms with Crippen molar-refractivity contribution >= 4 is 19.1 Å². The van der Waals surface area contributed by atoms with Crippen molar-refractivity contribution in [1.82, 2.24) is 0 Å². The van der Waals surface area contributed by atoms with Crippen LogP contribution in [0.5, 0.6) is 0 Å². The van der Waals surface area contributed by atoms with E-state index in [2.05, 4.69) is 0 Å². The third-order valence-corrected chi connectivity index (χ3v) is 3.06. The second-order valence-corrected chi connectivity index (χ2v) is 5.92. The average Bonchev–Trinajstić information content (AvgIpc) is 2.72. The summed E-state index contributed by atoms with van der Waals surface area (Å²) in [4.78, 5) is 0. The maximum atomic E-state index is 11.8. The zero-order valence-corrected chi connectivity index (χ0v) is 16.0. The standard InChI is InChI=1S/C5H4F3Ge.3C2H6O.Zr/c6-9(7,8)5-3-1-2-4-5;3*1-2-3;/h1-4H;3*3H,2H2,1H3;/q-1;;;;. The van der Waals surface area contributed by atoms with Crippen LogP contribution in [0.15, 0.2) is 24.3 Å². The van der Waals surface area contributed by atoms with E-state index in [1.807, 2.05) is 0 Å². The molecule has 19 heavy (non-hydrogen) atoms. The van der Waals surface area contributed by atoms with Gasteiger partial charge in [0.15, 0.2) is 0 Å². The van der Waals surface area contributed by atoms with E-state index in [4.69, 9.17) is 15.3 Å². The first-order valence-electron chi connectivity index (χ1n) is 5.46. The van der Waals surface area contributed by atoms with E-state index < -0.39 is 19.1 Å². The maximum absolute atomic E-state index is 11.8. The minimum Gasteiger partial charge on any atom is 0 e. The van der Waals surface area contributed by atoms with Gasteiger partial charge in [-0.3, -0.25) is 0 Å². The molecule has 0 heterocycles. The molecule has 0 aromatic heterocycles. The molecule has 1 rings (SSSR count). The van der Waals surface area contributed by atoms with Crippen LogP contribution in [0.2, 0.25) is 0 Å². The van der Waals surface area contributed by atoms with Crippen LogP contribution in [0.25, 0.3) is 0 Å². The second-order valence-electron chi connectivity index (χ2n) is 2.62. The van der Waals surface area contributed by atoms with E-state index in [1.165, 1.54) is 12.1 Å². The minimum atomic E-state index is -5.94. The summed E-state index contributed by atoms with van der Waals surface area (Å²) < 4.78 is 35.0. The van der Waals surface area contributed by atoms with Crippen molar-refractivity contribution in [3.05, 3.63) is 24.3 Å². The van der Waals surface area contributed by atoms with Gasteiger partial charge < -0.3 is 15.3 Å². The van der Waals surface area contributed by atoms with E-state index in [0.717, 1.165) is 12.1 Å². The molecular weight excluding hydrogens is 401 g/mol. The van der Waals surface area contributed by atoms with E-state index >= 15 is 0 Å². The van der Waals surface area contributed by atoms with Gasteiger partial charge in [-0.1, -0.05) is 0 Å². The molecule has 3 N–H and O–H groups in total. The predicted molar refractivity (Wildman–Crippen MR) is 69.0 cm³/mol. The van der Waals surface area contributed by atoms with Crippen LogP contribution in [0.3, 0.4) is 0 Å². The summed E-state index contributed by atoms with van der Waals surface area (Å²) in [6, 6.07) is 5.07. The molecule has 3 nitrogen and oxygen atoms in total. The first-order valence-corrected chi connectivity index (χ1v) is 8.89. The van der Waals surface area contributed by atoms with Crippen molar-refractivity contribution in [2.75, 3.05) is 19.8 Å². The van der Waals surface area contributed by atoms with Gasteiger partial charge in [0.1, 0.15) is 0 Å². The van der Waals surface area contributed by atoms with Gasteiger partial charge in [-0.15, -0.1) is 0 Å². The minimum absolute atomic E-state index is 0. The van der Waals surface area contributed by atoms with Crippen molar-refractivity contribution < 1.29 is 52.0 Å². The molecule has 1 aromatic rings. The Kier molecular flexibility index (Phi) is 30.3. The molecule has 0 spiro atoms. The molecular formula is C11H22F3GeO3Zr-. The van der Waals surface area contributed by atoms with Crippen molar-refractivity contribution in [2.45, 2.75) is 20.8 Å². The maximum Gasteiger partial charge on any atom is 0 e. The summed E-state index contributed by atoms with van der Waals surface area (Å²) >= 11 is -5.94. The van der Waals surface area contributed by atoms with Crippen LogP contribution in [0, 0.1) is 0 Å². The smallest absolute Gasteiger partial charge is 0 e. The van der Waals surface area contributed by atoms with Crippen LogP contribution in [0.1, 0.15) is 20.8 Å². The van der Waals surface area contributed by atoms with Gasteiger partial charge in [-0.25, -0.2) is 0 Å². The predicted octanol–water partition coefficient (Wildman–Crippen LogP) is 1.45. The monoisotopic (exact) mass is 423 g/mol. The summed E-state index contributed by atoms with van der Waals surface area (Å²) in [5, 5.41) is 22.7. The third kappa shape index (κ3) is 27.6. The quantitative estimate of drug-likeness (QED) is 0.474. The van der Waals surface area contributed by atoms with Crippen LogP contribution in [-0.4, -0.2) is 49.8 Å². The van der Waals surface area contributed by atoms with E-state index in [1.54, 1.807) is 20.8 Å². The first-order chi connectivity index (χ1) is 8.35. The summed E-state index contributed by atoms with van der Waals surface area (Å²) in [6.07, 6.45) is 0. The summed E-state index contributed by atoms with van der Waals surface area (Å²) in [7, 11) is 0. The molecule has 0 fully saturated rings. The summed E-state index contributed by atoms with van der Waals surface area (Å²) in [5.74, 6) is 0. The normalized spacial score (nSPS) is 8.47. The number of hydrogen-bond acceptors (Lipinski definition) is 3. The van der Waals surface area contributed by atoms with E-state index in [-0.39, 0.29) is 46.0 Å². The van der Waals surface area contributed by atoms with E-state index in [0.29, 0.717) is 0 Å². The fraction of sp³-hybridized carbons (Fsp3) is 0.545. The van der Waals surface area contributed by atoms with Gasteiger partial charge in [-0.05, 0) is 20.8 Å². The molecule has 114 valence electrons. The Labute approximate surface area is 135 Å². The van der Waals surface area contributed by atoms with Crippen molar-refractivity contribution in [2.24, 2.45) is 0 Å². The fourth-order valence-electron chi connectivity index (χ4n) is 0.563. The summed E-state index contributed by atoms with van der Waals surface area (Å²) in [5.41, 5.74) is 0. The SMILES string of the molecule is CCO.CCO.CCO.[F][Ge]([F])([F])[c-]1cccc1.[Zr]. The molecule has 8 heteroatoms. The first kappa shape index (κ1) is 27.7. The molecule has 0 aliphatic heterocycles. The molecule has 0 bridgehead atoms. The van der Waals surface area contributed by atoms with Crippen LogP contribution in [0.4, 0.5) is 10.5 Å². The number of hydrogen-bond donors (Lipinski definition) is 3. The number of aliphatic hydroxyl groups excluding tert-OH is 3. The topological polar surface area (TPSA) is 60.7 Å². The Morgan fingerprint density at radius 1 is 0.842 bits per heavy atom. The van der Waals surface area contributed by atoms with E-state index in [9.17, 15) is 10.5 Å². The molecule has 0 aliphatic carbocycles. The Balaban J connectivity index is -0.0000000956. The fourth-order valence-corrected chi connectivity index (χ4v) is 1.76. The molecule has 0 amide bonds.